The van der Waals surface area contributed by atoms with Gasteiger partial charge in [-0.05, 0) is 32.0 Å². The molecule has 0 amide bonds. The molecule has 0 spiro atoms. The van der Waals surface area contributed by atoms with E-state index in [1.54, 1.807) is 22.9 Å². The van der Waals surface area contributed by atoms with Crippen molar-refractivity contribution in [3.05, 3.63) is 45.1 Å². The van der Waals surface area contributed by atoms with Gasteiger partial charge in [0, 0.05) is 21.8 Å². The fourth-order valence-electron chi connectivity index (χ4n) is 1.79. The number of carbonyl (C=O) groups excluding carboxylic acids is 1. The second kappa shape index (κ2) is 5.35. The van der Waals surface area contributed by atoms with Crippen LogP contribution in [0.1, 0.15) is 35.9 Å². The second-order valence-corrected chi connectivity index (χ2v) is 5.71. The highest BCUT2D eigenvalue weighted by Gasteiger charge is 2.22. The number of nitrogens with two attached hydrogens (primary N) is 1. The molecule has 0 bridgehead atoms. The quantitative estimate of drug-likeness (QED) is 0.683. The zero-order chi connectivity index (χ0) is 14.2. The van der Waals surface area contributed by atoms with Crippen molar-refractivity contribution in [3.63, 3.8) is 0 Å². The van der Waals surface area contributed by atoms with Crippen molar-refractivity contribution in [1.29, 1.82) is 0 Å². The normalized spacial score (nSPS) is 11.0. The Morgan fingerprint density at radius 2 is 2.16 bits per heavy atom. The topological polar surface area (TPSA) is 60.9 Å². The number of carbonyl (C=O) groups is 1. The molecule has 1 aromatic heterocycles. The van der Waals surface area contributed by atoms with Gasteiger partial charge in [-0.2, -0.15) is 5.10 Å². The molecule has 100 valence electrons. The summed E-state index contributed by atoms with van der Waals surface area (Å²) in [5, 5.41) is 4.47. The largest absolute Gasteiger partial charge is 0.399 e. The van der Waals surface area contributed by atoms with Gasteiger partial charge in [-0.1, -0.05) is 27.5 Å². The van der Waals surface area contributed by atoms with Gasteiger partial charge in [-0.3, -0.25) is 9.48 Å². The Morgan fingerprint density at radius 1 is 1.47 bits per heavy atom. The fraction of sp³-hybridized carbons (Fsp3) is 0.231. The van der Waals surface area contributed by atoms with Crippen LogP contribution in [-0.2, 0) is 0 Å². The van der Waals surface area contributed by atoms with Crippen molar-refractivity contribution < 1.29 is 4.79 Å². The number of nitrogens with zero attached hydrogens (tertiary/aromatic N) is 2. The lowest BCUT2D eigenvalue weighted by atomic mass is 10.1. The van der Waals surface area contributed by atoms with Crippen LogP contribution in [0.25, 0.3) is 0 Å². The molecule has 1 aromatic carbocycles. The van der Waals surface area contributed by atoms with Gasteiger partial charge in [0.05, 0.1) is 11.2 Å². The lowest BCUT2D eigenvalue weighted by Crippen LogP contribution is -2.14. The third-order valence-electron chi connectivity index (χ3n) is 2.69. The Balaban J connectivity index is 2.56. The van der Waals surface area contributed by atoms with Crippen LogP contribution in [0.15, 0.2) is 28.9 Å². The predicted molar refractivity (Wildman–Crippen MR) is 79.6 cm³/mol. The van der Waals surface area contributed by atoms with Gasteiger partial charge in [-0.15, -0.1) is 0 Å². The van der Waals surface area contributed by atoms with Gasteiger partial charge in [0.2, 0.25) is 5.78 Å². The highest BCUT2D eigenvalue weighted by atomic mass is 79.9. The number of hydrogen-bond donors (Lipinski definition) is 1. The van der Waals surface area contributed by atoms with E-state index in [1.165, 1.54) is 6.20 Å². The van der Waals surface area contributed by atoms with E-state index in [0.717, 1.165) is 0 Å². The van der Waals surface area contributed by atoms with Crippen molar-refractivity contribution >= 4 is 39.0 Å². The van der Waals surface area contributed by atoms with Crippen LogP contribution in [-0.4, -0.2) is 15.6 Å². The van der Waals surface area contributed by atoms with Gasteiger partial charge in [0.25, 0.3) is 0 Å². The first-order chi connectivity index (χ1) is 8.91. The molecule has 2 rings (SSSR count). The molecule has 0 aliphatic carbocycles. The van der Waals surface area contributed by atoms with E-state index in [4.69, 9.17) is 17.3 Å². The van der Waals surface area contributed by atoms with Crippen LogP contribution >= 0.6 is 27.5 Å². The minimum atomic E-state index is -0.199. The van der Waals surface area contributed by atoms with Gasteiger partial charge in [0.1, 0.15) is 5.69 Å². The molecular weight excluding hydrogens is 330 g/mol. The van der Waals surface area contributed by atoms with E-state index in [2.05, 4.69) is 21.0 Å². The maximum absolute atomic E-state index is 12.6. The third kappa shape index (κ3) is 2.67. The summed E-state index contributed by atoms with van der Waals surface area (Å²) in [5.41, 5.74) is 7.11. The summed E-state index contributed by atoms with van der Waals surface area (Å²) in [6, 6.07) is 5.14. The first-order valence-corrected chi connectivity index (χ1v) is 6.91. The highest BCUT2D eigenvalue weighted by molar-refractivity contribution is 9.10. The maximum Gasteiger partial charge on any atom is 0.213 e. The van der Waals surface area contributed by atoms with Crippen molar-refractivity contribution in [3.8, 4) is 0 Å². The van der Waals surface area contributed by atoms with Gasteiger partial charge in [0.15, 0.2) is 0 Å². The summed E-state index contributed by atoms with van der Waals surface area (Å²) in [4.78, 5) is 12.6. The molecule has 0 aliphatic heterocycles. The summed E-state index contributed by atoms with van der Waals surface area (Å²) < 4.78 is 2.29. The summed E-state index contributed by atoms with van der Waals surface area (Å²) in [5.74, 6) is -0.199. The summed E-state index contributed by atoms with van der Waals surface area (Å²) in [6.07, 6.45) is 1.48. The number of ketones is 1. The van der Waals surface area contributed by atoms with Gasteiger partial charge in [-0.25, -0.2) is 0 Å². The maximum atomic E-state index is 12.6. The van der Waals surface area contributed by atoms with Crippen LogP contribution < -0.4 is 5.73 Å². The molecule has 2 N–H and O–H groups in total. The Bertz CT molecular complexity index is 637. The zero-order valence-corrected chi connectivity index (χ0v) is 12.9. The molecule has 0 unspecified atom stereocenters. The minimum Gasteiger partial charge on any atom is -0.399 e. The minimum absolute atomic E-state index is 0.0475. The van der Waals surface area contributed by atoms with Crippen LogP contribution in [0, 0.1) is 0 Å². The monoisotopic (exact) mass is 341 g/mol. The summed E-state index contributed by atoms with van der Waals surface area (Å²) in [7, 11) is 0. The van der Waals surface area contributed by atoms with Crippen LogP contribution in [0.3, 0.4) is 0 Å². The number of aromatic nitrogens is 2. The van der Waals surface area contributed by atoms with Crippen molar-refractivity contribution in [2.45, 2.75) is 19.9 Å². The molecule has 0 saturated heterocycles. The Morgan fingerprint density at radius 3 is 2.79 bits per heavy atom. The Labute approximate surface area is 124 Å². The Hall–Kier alpha value is -1.33. The smallest absolute Gasteiger partial charge is 0.213 e. The molecule has 0 atom stereocenters. The summed E-state index contributed by atoms with van der Waals surface area (Å²) in [6.45, 7) is 3.88. The third-order valence-corrected chi connectivity index (χ3v) is 3.66. The van der Waals surface area contributed by atoms with Gasteiger partial charge < -0.3 is 5.73 Å². The number of anilines is 1. The highest BCUT2D eigenvalue weighted by Crippen LogP contribution is 2.27. The molecular formula is C13H13BrClN3O. The standard InChI is InChI=1S/C13H13BrClN3O/c1-7(2)18-12(11(15)6-17-18)13(19)9-5-8(16)3-4-10(9)14/h3-7H,16H2,1-2H3. The van der Waals surface area contributed by atoms with E-state index in [-0.39, 0.29) is 11.8 Å². The lowest BCUT2D eigenvalue weighted by molar-refractivity contribution is 0.102. The average molecular weight is 343 g/mol. The second-order valence-electron chi connectivity index (χ2n) is 4.45. The predicted octanol–water partition coefficient (Wildman–Crippen LogP) is 3.69. The Kier molecular flexibility index (Phi) is 3.96. The lowest BCUT2D eigenvalue weighted by Gasteiger charge is -2.11. The van der Waals surface area contributed by atoms with E-state index >= 15 is 0 Å². The van der Waals surface area contributed by atoms with Crippen molar-refractivity contribution in [2.24, 2.45) is 0 Å². The molecule has 0 radical (unpaired) electrons. The van der Waals surface area contributed by atoms with E-state index in [0.29, 0.717) is 26.4 Å². The molecule has 2 aromatic rings. The fourth-order valence-corrected chi connectivity index (χ4v) is 2.43. The first kappa shape index (κ1) is 14.1. The first-order valence-electron chi connectivity index (χ1n) is 5.74. The van der Waals surface area contributed by atoms with E-state index in [9.17, 15) is 4.79 Å². The molecule has 19 heavy (non-hydrogen) atoms. The van der Waals surface area contributed by atoms with E-state index < -0.39 is 0 Å². The van der Waals surface area contributed by atoms with Crippen LogP contribution in [0.5, 0.6) is 0 Å². The molecule has 6 heteroatoms. The zero-order valence-electron chi connectivity index (χ0n) is 10.5. The van der Waals surface area contributed by atoms with Crippen LogP contribution in [0.2, 0.25) is 5.02 Å². The summed E-state index contributed by atoms with van der Waals surface area (Å²) >= 11 is 9.43. The number of benzene rings is 1. The average Bonchev–Trinajstić information content (AvgIpc) is 2.73. The van der Waals surface area contributed by atoms with Gasteiger partial charge >= 0.3 is 0 Å². The molecule has 4 nitrogen and oxygen atoms in total. The number of rotatable bonds is 3. The molecule has 0 fully saturated rings. The van der Waals surface area contributed by atoms with Crippen LogP contribution in [0.4, 0.5) is 5.69 Å². The molecule has 1 heterocycles. The number of nitrogen functional groups attached to an aromatic ring is 1. The van der Waals surface area contributed by atoms with E-state index in [1.807, 2.05) is 13.8 Å². The number of hydrogen-bond acceptors (Lipinski definition) is 3. The molecule has 0 saturated carbocycles. The van der Waals surface area contributed by atoms with Crippen molar-refractivity contribution in [1.82, 2.24) is 9.78 Å². The SMILES string of the molecule is CC(C)n1ncc(Cl)c1C(=O)c1cc(N)ccc1Br. The van der Waals surface area contributed by atoms with Crippen molar-refractivity contribution in [2.75, 3.05) is 5.73 Å². The number of halogens is 2. The molecule has 0 aliphatic rings.